The fourth-order valence-corrected chi connectivity index (χ4v) is 2.17. The summed E-state index contributed by atoms with van der Waals surface area (Å²) in [4.78, 5) is 14.1. The Morgan fingerprint density at radius 1 is 1.38 bits per heavy atom. The fourth-order valence-electron chi connectivity index (χ4n) is 2.17. The first-order valence-electron chi connectivity index (χ1n) is 5.14. The lowest BCUT2D eigenvalue weighted by atomic mass is 9.71. The second-order valence-electron chi connectivity index (χ2n) is 4.15. The van der Waals surface area contributed by atoms with Crippen molar-refractivity contribution in [3.05, 3.63) is 34.9 Å². The third-order valence-corrected chi connectivity index (χ3v) is 3.25. The highest BCUT2D eigenvalue weighted by molar-refractivity contribution is 5.42. The van der Waals surface area contributed by atoms with Crippen LogP contribution >= 0.6 is 0 Å². The maximum atomic E-state index is 13.4. The normalized spacial score (nSPS) is 17.4. The Morgan fingerprint density at radius 2 is 2.06 bits per heavy atom. The van der Waals surface area contributed by atoms with E-state index in [0.29, 0.717) is 24.0 Å². The van der Waals surface area contributed by atoms with E-state index in [1.807, 2.05) is 0 Å². The Kier molecular flexibility index (Phi) is 2.60. The minimum Gasteiger partial charge on any atom is -0.211 e. The Morgan fingerprint density at radius 3 is 2.56 bits per heavy atom. The molecule has 2 nitrogen and oxygen atoms in total. The molecule has 0 saturated heterocycles. The second-order valence-corrected chi connectivity index (χ2v) is 4.15. The van der Waals surface area contributed by atoms with E-state index in [9.17, 15) is 13.6 Å². The van der Waals surface area contributed by atoms with E-state index in [4.69, 9.17) is 0 Å². The smallest absolute Gasteiger partial charge is 0.211 e. The molecule has 0 atom stereocenters. The first-order valence-corrected chi connectivity index (χ1v) is 5.14. The lowest BCUT2D eigenvalue weighted by molar-refractivity contribution is 0.252. The molecule has 0 aromatic heterocycles. The number of halogens is 2. The molecule has 1 aromatic carbocycles. The van der Waals surface area contributed by atoms with Crippen LogP contribution in [0.4, 0.5) is 8.78 Å². The zero-order chi connectivity index (χ0) is 11.8. The van der Waals surface area contributed by atoms with Gasteiger partial charge in [-0.05, 0) is 43.4 Å². The SMILES string of the molecule is Cc1c(F)cc(F)cc1C1(N=C=O)CCC1. The number of rotatable bonds is 2. The zero-order valence-electron chi connectivity index (χ0n) is 8.89. The van der Waals surface area contributed by atoms with Gasteiger partial charge in [0.15, 0.2) is 0 Å². The van der Waals surface area contributed by atoms with Crippen LogP contribution in [0.25, 0.3) is 0 Å². The van der Waals surface area contributed by atoms with E-state index < -0.39 is 17.2 Å². The van der Waals surface area contributed by atoms with E-state index in [0.717, 1.165) is 12.5 Å². The first kappa shape index (κ1) is 11.0. The van der Waals surface area contributed by atoms with Gasteiger partial charge in [-0.1, -0.05) is 0 Å². The molecule has 1 fully saturated rings. The average molecular weight is 223 g/mol. The minimum atomic E-state index is -0.741. The molecule has 84 valence electrons. The summed E-state index contributed by atoms with van der Waals surface area (Å²) in [5.74, 6) is -1.23. The molecule has 16 heavy (non-hydrogen) atoms. The highest BCUT2D eigenvalue weighted by Gasteiger charge is 2.40. The predicted molar refractivity (Wildman–Crippen MR) is 54.7 cm³/mol. The average Bonchev–Trinajstić information content (AvgIpc) is 2.17. The molecule has 0 aliphatic heterocycles. The van der Waals surface area contributed by atoms with Gasteiger partial charge < -0.3 is 0 Å². The second kappa shape index (κ2) is 3.80. The van der Waals surface area contributed by atoms with Crippen LogP contribution in [-0.4, -0.2) is 6.08 Å². The molecule has 4 heteroatoms. The van der Waals surface area contributed by atoms with E-state index >= 15 is 0 Å². The van der Waals surface area contributed by atoms with Gasteiger partial charge in [0, 0.05) is 6.07 Å². The fraction of sp³-hybridized carbons (Fsp3) is 0.417. The highest BCUT2D eigenvalue weighted by atomic mass is 19.1. The van der Waals surface area contributed by atoms with Crippen LogP contribution in [-0.2, 0) is 10.3 Å². The summed E-state index contributed by atoms with van der Waals surface area (Å²) in [6, 6.07) is 2.11. The maximum Gasteiger partial charge on any atom is 0.235 e. The quantitative estimate of drug-likeness (QED) is 0.559. The van der Waals surface area contributed by atoms with E-state index in [1.54, 1.807) is 6.92 Å². The molecule has 0 amide bonds. The number of aliphatic imine (C=N–C) groups is 1. The molecule has 2 rings (SSSR count). The first-order chi connectivity index (χ1) is 7.59. The van der Waals surface area contributed by atoms with Gasteiger partial charge in [0.1, 0.15) is 11.6 Å². The van der Waals surface area contributed by atoms with Crippen LogP contribution in [0.15, 0.2) is 17.1 Å². The molecular formula is C12H11F2NO. The molecule has 1 aromatic rings. The van der Waals surface area contributed by atoms with Crippen LogP contribution in [0.3, 0.4) is 0 Å². The van der Waals surface area contributed by atoms with Gasteiger partial charge in [0.05, 0.1) is 5.54 Å². The summed E-state index contributed by atoms with van der Waals surface area (Å²) < 4.78 is 26.5. The van der Waals surface area contributed by atoms with Gasteiger partial charge in [-0.3, -0.25) is 0 Å². The van der Waals surface area contributed by atoms with Crippen molar-refractivity contribution in [2.45, 2.75) is 31.7 Å². The maximum absolute atomic E-state index is 13.4. The van der Waals surface area contributed by atoms with Crippen LogP contribution in [0.2, 0.25) is 0 Å². The Hall–Kier alpha value is -1.54. The Balaban J connectivity index is 2.58. The number of nitrogens with zero attached hydrogens (tertiary/aromatic N) is 1. The molecule has 0 spiro atoms. The Labute approximate surface area is 92.0 Å². The van der Waals surface area contributed by atoms with Crippen molar-refractivity contribution in [3.63, 3.8) is 0 Å². The van der Waals surface area contributed by atoms with Gasteiger partial charge in [-0.2, -0.15) is 4.99 Å². The Bertz CT molecular complexity index is 474. The van der Waals surface area contributed by atoms with Crippen molar-refractivity contribution in [1.82, 2.24) is 0 Å². The lowest BCUT2D eigenvalue weighted by Gasteiger charge is -2.38. The summed E-state index contributed by atoms with van der Waals surface area (Å²) in [7, 11) is 0. The van der Waals surface area contributed by atoms with Gasteiger partial charge >= 0.3 is 0 Å². The largest absolute Gasteiger partial charge is 0.235 e. The third kappa shape index (κ3) is 1.55. The van der Waals surface area contributed by atoms with Gasteiger partial charge in [0.25, 0.3) is 0 Å². The molecule has 1 aliphatic rings. The minimum absolute atomic E-state index is 0.361. The van der Waals surface area contributed by atoms with Crippen molar-refractivity contribution >= 4 is 6.08 Å². The van der Waals surface area contributed by atoms with Crippen molar-refractivity contribution in [2.75, 3.05) is 0 Å². The van der Waals surface area contributed by atoms with E-state index in [-0.39, 0.29) is 0 Å². The predicted octanol–water partition coefficient (Wildman–Crippen LogP) is 2.99. The highest BCUT2D eigenvalue weighted by Crippen LogP contribution is 2.46. The molecule has 1 saturated carbocycles. The topological polar surface area (TPSA) is 29.4 Å². The summed E-state index contributed by atoms with van der Waals surface area (Å²) in [5, 5.41) is 0. The summed E-state index contributed by atoms with van der Waals surface area (Å²) in [6.45, 7) is 1.57. The standard InChI is InChI=1S/C12H11F2NO/c1-8-10(5-9(13)6-11(8)14)12(15-7-16)3-2-4-12/h5-6H,2-4H2,1H3. The molecule has 0 heterocycles. The number of benzene rings is 1. The van der Waals surface area contributed by atoms with E-state index in [1.165, 1.54) is 12.1 Å². The van der Waals surface area contributed by atoms with Crippen LogP contribution in [0, 0.1) is 18.6 Å². The number of hydrogen-bond donors (Lipinski definition) is 0. The molecule has 0 unspecified atom stereocenters. The molecule has 0 N–H and O–H groups in total. The van der Waals surface area contributed by atoms with Crippen molar-refractivity contribution in [2.24, 2.45) is 4.99 Å². The molecular weight excluding hydrogens is 212 g/mol. The summed E-state index contributed by atoms with van der Waals surface area (Å²) >= 11 is 0. The summed E-state index contributed by atoms with van der Waals surface area (Å²) in [5.41, 5.74) is 0.0918. The third-order valence-electron chi connectivity index (χ3n) is 3.25. The van der Waals surface area contributed by atoms with Gasteiger partial charge in [-0.15, -0.1) is 0 Å². The lowest BCUT2D eigenvalue weighted by Crippen LogP contribution is -2.33. The van der Waals surface area contributed by atoms with Gasteiger partial charge in [-0.25, -0.2) is 13.6 Å². The van der Waals surface area contributed by atoms with Crippen LogP contribution in [0.5, 0.6) is 0 Å². The monoisotopic (exact) mass is 223 g/mol. The summed E-state index contributed by atoms with van der Waals surface area (Å²) in [6.07, 6.45) is 3.70. The van der Waals surface area contributed by atoms with Crippen LogP contribution in [0.1, 0.15) is 30.4 Å². The molecule has 0 bridgehead atoms. The van der Waals surface area contributed by atoms with Crippen molar-refractivity contribution in [3.8, 4) is 0 Å². The number of hydrogen-bond acceptors (Lipinski definition) is 2. The molecule has 0 radical (unpaired) electrons. The zero-order valence-corrected chi connectivity index (χ0v) is 8.89. The van der Waals surface area contributed by atoms with E-state index in [2.05, 4.69) is 4.99 Å². The van der Waals surface area contributed by atoms with Crippen molar-refractivity contribution in [1.29, 1.82) is 0 Å². The van der Waals surface area contributed by atoms with Gasteiger partial charge in [0.2, 0.25) is 6.08 Å². The number of carbonyl (C=O) groups excluding carboxylic acids is 1. The van der Waals surface area contributed by atoms with Crippen LogP contribution < -0.4 is 0 Å². The van der Waals surface area contributed by atoms with Crippen molar-refractivity contribution < 1.29 is 13.6 Å². The number of isocyanates is 1. The molecule has 1 aliphatic carbocycles.